The molecule has 2 atom stereocenters. The molecule has 0 saturated carbocycles. The summed E-state index contributed by atoms with van der Waals surface area (Å²) in [5, 5.41) is 2.82. The summed E-state index contributed by atoms with van der Waals surface area (Å²) >= 11 is 0. The fourth-order valence-corrected chi connectivity index (χ4v) is 6.66. The van der Waals surface area contributed by atoms with Gasteiger partial charge in [0, 0.05) is 19.4 Å². The zero-order valence-electron chi connectivity index (χ0n) is 34.9. The third-order valence-electron chi connectivity index (χ3n) is 9.26. The third kappa shape index (κ3) is 39.9. The molecule has 0 aromatic carbocycles. The number of allylic oxidation sites excluding steroid dienone is 6. The predicted octanol–water partition coefficient (Wildman–Crippen LogP) is 12.4. The van der Waals surface area contributed by atoms with Crippen molar-refractivity contribution >= 4 is 19.8 Å². The standard InChI is InChI=1S/C44H82NO8P/c1-4-6-8-10-12-14-16-18-20-21-23-25-27-29-31-33-35-37-44(47)53-42(41-52-54(48,49)51-39-38-45-3)40-50-43(46)36-34-32-30-28-26-24-22-19-17-15-13-11-9-7-5-2/h12,14,18,20,23,25,42,45H,4-11,13,15-17,19,21-22,24,26-41H2,1-3H3,(H,48,49)/b14-12-,20-18-,25-23-. The Hall–Kier alpha value is -1.77. The molecular weight excluding hydrogens is 701 g/mol. The van der Waals surface area contributed by atoms with Gasteiger partial charge >= 0.3 is 19.8 Å². The van der Waals surface area contributed by atoms with Gasteiger partial charge in [-0.3, -0.25) is 18.6 Å². The van der Waals surface area contributed by atoms with Gasteiger partial charge in [0.25, 0.3) is 0 Å². The maximum absolute atomic E-state index is 12.6. The summed E-state index contributed by atoms with van der Waals surface area (Å²) in [5.41, 5.74) is 0. The molecule has 54 heavy (non-hydrogen) atoms. The zero-order valence-corrected chi connectivity index (χ0v) is 35.8. The number of carbonyl (C=O) groups is 2. The second-order valence-corrected chi connectivity index (χ2v) is 16.0. The van der Waals surface area contributed by atoms with Crippen LogP contribution in [0.15, 0.2) is 36.5 Å². The van der Waals surface area contributed by atoms with Crippen LogP contribution in [0, 0.1) is 0 Å². The Morgan fingerprint density at radius 1 is 0.574 bits per heavy atom. The van der Waals surface area contributed by atoms with Crippen molar-refractivity contribution in [1.82, 2.24) is 5.32 Å². The van der Waals surface area contributed by atoms with Crippen LogP contribution in [0.2, 0.25) is 0 Å². The van der Waals surface area contributed by atoms with Crippen LogP contribution < -0.4 is 5.32 Å². The van der Waals surface area contributed by atoms with Gasteiger partial charge in [0.05, 0.1) is 13.2 Å². The second-order valence-electron chi connectivity index (χ2n) is 14.5. The van der Waals surface area contributed by atoms with E-state index in [-0.39, 0.29) is 32.0 Å². The van der Waals surface area contributed by atoms with Crippen LogP contribution in [0.25, 0.3) is 0 Å². The Kier molecular flexibility index (Phi) is 39.5. The van der Waals surface area contributed by atoms with E-state index in [1.165, 1.54) is 103 Å². The Balaban J connectivity index is 4.25. The van der Waals surface area contributed by atoms with Crippen molar-refractivity contribution in [3.05, 3.63) is 36.5 Å². The number of likely N-dealkylation sites (N-methyl/N-ethyl adjacent to an activating group) is 1. The molecule has 0 saturated heterocycles. The van der Waals surface area contributed by atoms with Crippen molar-refractivity contribution in [2.24, 2.45) is 0 Å². The molecule has 2 unspecified atom stereocenters. The van der Waals surface area contributed by atoms with Crippen LogP contribution in [-0.4, -0.2) is 56.3 Å². The van der Waals surface area contributed by atoms with Crippen molar-refractivity contribution in [3.63, 3.8) is 0 Å². The second kappa shape index (κ2) is 40.9. The molecule has 0 aliphatic heterocycles. The lowest BCUT2D eigenvalue weighted by Gasteiger charge is -2.20. The number of phosphoric acid groups is 1. The lowest BCUT2D eigenvalue weighted by molar-refractivity contribution is -0.161. The van der Waals surface area contributed by atoms with Gasteiger partial charge in [-0.1, -0.05) is 166 Å². The maximum Gasteiger partial charge on any atom is 0.472 e. The molecular formula is C44H82NO8P. The average Bonchev–Trinajstić information content (AvgIpc) is 3.15. The summed E-state index contributed by atoms with van der Waals surface area (Å²) < 4.78 is 33.2. The van der Waals surface area contributed by atoms with Gasteiger partial charge in [-0.2, -0.15) is 0 Å². The van der Waals surface area contributed by atoms with Gasteiger partial charge in [-0.25, -0.2) is 4.57 Å². The summed E-state index contributed by atoms with van der Waals surface area (Å²) in [6, 6.07) is 0. The lowest BCUT2D eigenvalue weighted by atomic mass is 10.0. The number of unbranched alkanes of at least 4 members (excludes halogenated alkanes) is 21. The van der Waals surface area contributed by atoms with E-state index in [1.54, 1.807) is 7.05 Å². The Morgan fingerprint density at radius 3 is 1.52 bits per heavy atom. The summed E-state index contributed by atoms with van der Waals surface area (Å²) in [6.45, 7) is 4.18. The van der Waals surface area contributed by atoms with Crippen molar-refractivity contribution in [2.45, 2.75) is 200 Å². The first-order valence-corrected chi connectivity index (χ1v) is 23.4. The van der Waals surface area contributed by atoms with Gasteiger partial charge < -0.3 is 19.7 Å². The van der Waals surface area contributed by atoms with Crippen LogP contribution in [0.3, 0.4) is 0 Å². The topological polar surface area (TPSA) is 120 Å². The Morgan fingerprint density at radius 2 is 1.00 bits per heavy atom. The highest BCUT2D eigenvalue weighted by Crippen LogP contribution is 2.43. The van der Waals surface area contributed by atoms with Gasteiger partial charge in [0.15, 0.2) is 6.10 Å². The van der Waals surface area contributed by atoms with E-state index < -0.39 is 26.5 Å². The van der Waals surface area contributed by atoms with Crippen molar-refractivity contribution in [1.29, 1.82) is 0 Å². The fraction of sp³-hybridized carbons (Fsp3) is 0.818. The quantitative estimate of drug-likeness (QED) is 0.0270. The van der Waals surface area contributed by atoms with Gasteiger partial charge in [0.1, 0.15) is 6.61 Å². The lowest BCUT2D eigenvalue weighted by Crippen LogP contribution is -2.29. The highest BCUT2D eigenvalue weighted by atomic mass is 31.2. The monoisotopic (exact) mass is 784 g/mol. The molecule has 0 aliphatic carbocycles. The van der Waals surface area contributed by atoms with Gasteiger partial charge in [0.2, 0.25) is 0 Å². The molecule has 10 heteroatoms. The predicted molar refractivity (Wildman–Crippen MR) is 225 cm³/mol. The first-order chi connectivity index (χ1) is 26.3. The first-order valence-electron chi connectivity index (χ1n) is 21.9. The highest BCUT2D eigenvalue weighted by Gasteiger charge is 2.26. The molecule has 0 spiro atoms. The molecule has 0 heterocycles. The molecule has 0 amide bonds. The maximum atomic E-state index is 12.6. The molecule has 0 aromatic rings. The molecule has 0 fully saturated rings. The largest absolute Gasteiger partial charge is 0.472 e. The molecule has 316 valence electrons. The molecule has 0 aromatic heterocycles. The molecule has 0 aliphatic rings. The SMILES string of the molecule is CCCCC/C=C\C/C=C\C/C=C\CCCCCCC(=O)OC(COC(=O)CCCCCCCCCCCCCCCCC)COP(=O)(O)OCCNC. The van der Waals surface area contributed by atoms with E-state index in [1.807, 2.05) is 0 Å². The minimum atomic E-state index is -4.35. The normalized spacial score (nSPS) is 13.6. The number of nitrogens with one attached hydrogen (secondary N) is 1. The van der Waals surface area contributed by atoms with E-state index in [4.69, 9.17) is 18.5 Å². The molecule has 0 bridgehead atoms. The van der Waals surface area contributed by atoms with E-state index in [0.29, 0.717) is 13.0 Å². The fourth-order valence-electron chi connectivity index (χ4n) is 5.91. The molecule has 0 rings (SSSR count). The van der Waals surface area contributed by atoms with E-state index in [2.05, 4.69) is 55.6 Å². The first kappa shape index (κ1) is 52.2. The summed E-state index contributed by atoms with van der Waals surface area (Å²) in [6.07, 6.45) is 43.2. The van der Waals surface area contributed by atoms with Crippen molar-refractivity contribution in [3.8, 4) is 0 Å². The number of rotatable bonds is 41. The summed E-state index contributed by atoms with van der Waals surface area (Å²) in [5.74, 6) is -0.827. The summed E-state index contributed by atoms with van der Waals surface area (Å²) in [7, 11) is -2.66. The highest BCUT2D eigenvalue weighted by molar-refractivity contribution is 7.47. The number of carbonyl (C=O) groups excluding carboxylic acids is 2. The van der Waals surface area contributed by atoms with Crippen molar-refractivity contribution in [2.75, 3.05) is 33.4 Å². The third-order valence-corrected chi connectivity index (χ3v) is 10.2. The molecule has 2 N–H and O–H groups in total. The van der Waals surface area contributed by atoms with E-state index >= 15 is 0 Å². The Bertz CT molecular complexity index is 986. The van der Waals surface area contributed by atoms with Gasteiger partial charge in [-0.15, -0.1) is 0 Å². The number of phosphoric ester groups is 1. The van der Waals surface area contributed by atoms with Crippen LogP contribution in [0.1, 0.15) is 194 Å². The number of esters is 2. The molecule has 9 nitrogen and oxygen atoms in total. The minimum absolute atomic E-state index is 0.0209. The number of hydrogen-bond acceptors (Lipinski definition) is 8. The van der Waals surface area contributed by atoms with Crippen LogP contribution in [0.5, 0.6) is 0 Å². The Labute approximate surface area is 331 Å². The number of ether oxygens (including phenoxy) is 2. The molecule has 0 radical (unpaired) electrons. The van der Waals surface area contributed by atoms with Crippen molar-refractivity contribution < 1.29 is 37.6 Å². The van der Waals surface area contributed by atoms with Gasteiger partial charge in [-0.05, 0) is 58.4 Å². The van der Waals surface area contributed by atoms with Crippen LogP contribution in [-0.2, 0) is 32.7 Å². The van der Waals surface area contributed by atoms with Crippen LogP contribution in [0.4, 0.5) is 0 Å². The number of hydrogen-bond donors (Lipinski definition) is 2. The average molecular weight is 784 g/mol. The smallest absolute Gasteiger partial charge is 0.462 e. The van der Waals surface area contributed by atoms with E-state index in [9.17, 15) is 19.0 Å². The summed E-state index contributed by atoms with van der Waals surface area (Å²) in [4.78, 5) is 35.0. The van der Waals surface area contributed by atoms with Crippen LogP contribution >= 0.6 is 7.82 Å². The zero-order chi connectivity index (χ0) is 39.6. The minimum Gasteiger partial charge on any atom is -0.462 e. The van der Waals surface area contributed by atoms with E-state index in [0.717, 1.165) is 57.8 Å².